The van der Waals surface area contributed by atoms with Gasteiger partial charge in [-0.15, -0.1) is 11.3 Å². The van der Waals surface area contributed by atoms with E-state index >= 15 is 0 Å². The van der Waals surface area contributed by atoms with E-state index in [1.165, 1.54) is 11.3 Å². The molecule has 2 heterocycles. The van der Waals surface area contributed by atoms with Crippen LogP contribution in [0.5, 0.6) is 11.5 Å². The lowest BCUT2D eigenvalue weighted by Crippen LogP contribution is -2.15. The topological polar surface area (TPSA) is 89.6 Å². The molecule has 0 atom stereocenters. The summed E-state index contributed by atoms with van der Waals surface area (Å²) < 4.78 is 10.5. The highest BCUT2D eigenvalue weighted by molar-refractivity contribution is 7.13. The molecule has 124 valence electrons. The van der Waals surface area contributed by atoms with Crippen LogP contribution in [0.1, 0.15) is 18.5 Å². The van der Waals surface area contributed by atoms with Crippen LogP contribution in [0.3, 0.4) is 0 Å². The zero-order valence-corrected chi connectivity index (χ0v) is 13.5. The maximum absolute atomic E-state index is 12.1. The molecule has 2 N–H and O–H groups in total. The monoisotopic (exact) mass is 345 g/mol. The second-order valence-electron chi connectivity index (χ2n) is 5.70. The Morgan fingerprint density at radius 2 is 2.04 bits per heavy atom. The van der Waals surface area contributed by atoms with Gasteiger partial charge in [-0.05, 0) is 25.0 Å². The van der Waals surface area contributed by atoms with E-state index in [1.54, 1.807) is 23.6 Å². The number of hydrogen-bond donors (Lipinski definition) is 2. The third-order valence-electron chi connectivity index (χ3n) is 3.73. The summed E-state index contributed by atoms with van der Waals surface area (Å²) in [6.07, 6.45) is 2.04. The quantitative estimate of drug-likeness (QED) is 0.868. The van der Waals surface area contributed by atoms with Crippen LogP contribution >= 0.6 is 11.3 Å². The molecule has 4 rings (SSSR count). The number of fused-ring (bicyclic) bond motifs is 1. The highest BCUT2D eigenvalue weighted by Gasteiger charge is 2.30. The van der Waals surface area contributed by atoms with Gasteiger partial charge >= 0.3 is 0 Å². The first-order valence-electron chi connectivity index (χ1n) is 7.62. The van der Waals surface area contributed by atoms with E-state index in [2.05, 4.69) is 15.6 Å². The van der Waals surface area contributed by atoms with Gasteiger partial charge in [0.15, 0.2) is 16.6 Å². The zero-order valence-electron chi connectivity index (χ0n) is 12.7. The molecule has 1 aromatic heterocycles. The van der Waals surface area contributed by atoms with Crippen LogP contribution in [-0.2, 0) is 16.0 Å². The summed E-state index contributed by atoms with van der Waals surface area (Å²) >= 11 is 1.33. The van der Waals surface area contributed by atoms with Crippen molar-refractivity contribution in [3.8, 4) is 11.5 Å². The standard InChI is InChI=1S/C16H15N3O4S/c20-14(17-10-3-4-12-13(5-10)23-8-22-12)6-11-7-24-16(18-11)19-15(21)9-1-2-9/h3-5,7,9H,1-2,6,8H2,(H,17,20)(H,18,19,21). The fraction of sp³-hybridized carbons (Fsp3) is 0.312. The van der Waals surface area contributed by atoms with Gasteiger partial charge in [-0.25, -0.2) is 4.98 Å². The van der Waals surface area contributed by atoms with Gasteiger partial charge in [0.1, 0.15) is 0 Å². The smallest absolute Gasteiger partial charge is 0.231 e. The van der Waals surface area contributed by atoms with Gasteiger partial charge in [-0.2, -0.15) is 0 Å². The summed E-state index contributed by atoms with van der Waals surface area (Å²) in [5, 5.41) is 7.90. The minimum atomic E-state index is -0.181. The van der Waals surface area contributed by atoms with Gasteiger partial charge in [0.2, 0.25) is 18.6 Å². The highest BCUT2D eigenvalue weighted by Crippen LogP contribution is 2.34. The lowest BCUT2D eigenvalue weighted by atomic mass is 10.2. The van der Waals surface area contributed by atoms with Crippen LogP contribution in [0.25, 0.3) is 0 Å². The predicted octanol–water partition coefficient (Wildman–Crippen LogP) is 2.40. The number of aromatic nitrogens is 1. The van der Waals surface area contributed by atoms with Crippen molar-refractivity contribution in [3.05, 3.63) is 29.3 Å². The lowest BCUT2D eigenvalue weighted by Gasteiger charge is -2.05. The molecule has 24 heavy (non-hydrogen) atoms. The number of carbonyl (C=O) groups is 2. The molecular weight excluding hydrogens is 330 g/mol. The molecule has 1 saturated carbocycles. The van der Waals surface area contributed by atoms with Gasteiger partial charge in [0.05, 0.1) is 12.1 Å². The maximum Gasteiger partial charge on any atom is 0.231 e. The maximum atomic E-state index is 12.1. The number of thiazole rings is 1. The van der Waals surface area contributed by atoms with E-state index < -0.39 is 0 Å². The highest BCUT2D eigenvalue weighted by atomic mass is 32.1. The average Bonchev–Trinajstić information content (AvgIpc) is 3.16. The molecule has 0 bridgehead atoms. The molecule has 2 aromatic rings. The van der Waals surface area contributed by atoms with Crippen LogP contribution in [0.4, 0.5) is 10.8 Å². The van der Waals surface area contributed by atoms with E-state index in [0.29, 0.717) is 28.0 Å². The van der Waals surface area contributed by atoms with Crippen LogP contribution in [0, 0.1) is 5.92 Å². The Morgan fingerprint density at radius 3 is 2.88 bits per heavy atom. The van der Waals surface area contributed by atoms with Crippen molar-refractivity contribution in [1.29, 1.82) is 0 Å². The summed E-state index contributed by atoms with van der Waals surface area (Å²) in [4.78, 5) is 28.1. The lowest BCUT2D eigenvalue weighted by molar-refractivity contribution is -0.117. The van der Waals surface area contributed by atoms with Crippen molar-refractivity contribution in [2.75, 3.05) is 17.4 Å². The third-order valence-corrected chi connectivity index (χ3v) is 4.53. The number of nitrogens with zero attached hydrogens (tertiary/aromatic N) is 1. The average molecular weight is 345 g/mol. The van der Waals surface area contributed by atoms with E-state index in [1.807, 2.05) is 0 Å². The van der Waals surface area contributed by atoms with Gasteiger partial charge in [-0.3, -0.25) is 9.59 Å². The van der Waals surface area contributed by atoms with Crippen molar-refractivity contribution < 1.29 is 19.1 Å². The Morgan fingerprint density at radius 1 is 1.21 bits per heavy atom. The number of anilines is 2. The molecule has 0 unspecified atom stereocenters. The number of hydrogen-bond acceptors (Lipinski definition) is 6. The van der Waals surface area contributed by atoms with Gasteiger partial charge in [-0.1, -0.05) is 0 Å². The molecule has 8 heteroatoms. The molecule has 1 aliphatic carbocycles. The summed E-state index contributed by atoms with van der Waals surface area (Å²) in [6, 6.07) is 5.24. The summed E-state index contributed by atoms with van der Waals surface area (Å²) in [5.41, 5.74) is 1.27. The van der Waals surface area contributed by atoms with Crippen molar-refractivity contribution in [1.82, 2.24) is 4.98 Å². The van der Waals surface area contributed by atoms with Gasteiger partial charge in [0, 0.05) is 23.1 Å². The molecule has 0 radical (unpaired) electrons. The van der Waals surface area contributed by atoms with Crippen molar-refractivity contribution in [2.24, 2.45) is 5.92 Å². The van der Waals surface area contributed by atoms with Crippen molar-refractivity contribution in [3.63, 3.8) is 0 Å². The molecule has 1 aliphatic heterocycles. The largest absolute Gasteiger partial charge is 0.454 e. The number of nitrogens with one attached hydrogen (secondary N) is 2. The van der Waals surface area contributed by atoms with Crippen LogP contribution < -0.4 is 20.1 Å². The summed E-state index contributed by atoms with van der Waals surface area (Å²) in [7, 11) is 0. The summed E-state index contributed by atoms with van der Waals surface area (Å²) in [5.74, 6) is 1.25. The van der Waals surface area contributed by atoms with E-state index in [4.69, 9.17) is 9.47 Å². The Labute approximate surface area is 142 Å². The van der Waals surface area contributed by atoms with E-state index in [0.717, 1.165) is 12.8 Å². The fourth-order valence-electron chi connectivity index (χ4n) is 2.34. The number of amides is 2. The molecule has 2 aliphatic rings. The second kappa shape index (κ2) is 6.12. The number of ether oxygens (including phenoxy) is 2. The molecule has 0 spiro atoms. The number of benzene rings is 1. The van der Waals surface area contributed by atoms with Crippen molar-refractivity contribution >= 4 is 34.0 Å². The first-order valence-corrected chi connectivity index (χ1v) is 8.50. The van der Waals surface area contributed by atoms with Gasteiger partial charge in [0.25, 0.3) is 0 Å². The van der Waals surface area contributed by atoms with E-state index in [9.17, 15) is 9.59 Å². The fourth-order valence-corrected chi connectivity index (χ4v) is 3.06. The first kappa shape index (κ1) is 14.9. The second-order valence-corrected chi connectivity index (χ2v) is 6.56. The minimum absolute atomic E-state index is 0.0145. The van der Waals surface area contributed by atoms with Crippen LogP contribution in [-0.4, -0.2) is 23.6 Å². The van der Waals surface area contributed by atoms with Crippen LogP contribution in [0.15, 0.2) is 23.6 Å². The van der Waals surface area contributed by atoms with Crippen LogP contribution in [0.2, 0.25) is 0 Å². The van der Waals surface area contributed by atoms with E-state index in [-0.39, 0.29) is 30.9 Å². The molecular formula is C16H15N3O4S. The first-order chi connectivity index (χ1) is 11.7. The summed E-state index contributed by atoms with van der Waals surface area (Å²) in [6.45, 7) is 0.195. The minimum Gasteiger partial charge on any atom is -0.454 e. The molecule has 7 nitrogen and oxygen atoms in total. The Bertz CT molecular complexity index is 800. The third kappa shape index (κ3) is 3.33. The number of carbonyl (C=O) groups excluding carboxylic acids is 2. The Balaban J connectivity index is 1.34. The Hall–Kier alpha value is -2.61. The predicted molar refractivity (Wildman–Crippen MR) is 88.4 cm³/mol. The molecule has 1 aromatic carbocycles. The number of rotatable bonds is 5. The molecule has 0 saturated heterocycles. The zero-order chi connectivity index (χ0) is 16.5. The van der Waals surface area contributed by atoms with Gasteiger partial charge < -0.3 is 20.1 Å². The SMILES string of the molecule is O=C(Cc1csc(NC(=O)C2CC2)n1)Nc1ccc2c(c1)OCO2. The normalized spacial score (nSPS) is 15.2. The molecule has 2 amide bonds. The van der Waals surface area contributed by atoms with Crippen molar-refractivity contribution in [2.45, 2.75) is 19.3 Å². The Kier molecular flexibility index (Phi) is 3.81. The molecule has 1 fully saturated rings.